The standard InChI is InChI=1S/C36H47N3O9S4.K/c1-7-38-30-19-17-26(51(43,44)45)24-28(30)35(2,3)32(38)14-10-8-11-15-33-36(4,5)29-25-27(52(46,47)48)18-20-31(29)39(33)22-13-9-12-16-34(40)37-21-23-49-50(6,41)42;/h8,10-11,14-15,17-20,24-25H,7,9,12-13,16,21-23H2,1-6H3,(H2-,37,40,43,44,45,46,47,48);/q;+1/p-1. The second-order valence-electron chi connectivity index (χ2n) is 13.8. The number of rotatable bonds is 16. The molecule has 0 saturated carbocycles. The van der Waals surface area contributed by atoms with Gasteiger partial charge < -0.3 is 19.3 Å². The van der Waals surface area contributed by atoms with Gasteiger partial charge in [0.2, 0.25) is 11.6 Å². The largest absolute Gasteiger partial charge is 1.00 e. The third-order valence-corrected chi connectivity index (χ3v) is 13.6. The Morgan fingerprint density at radius 3 is 2.09 bits per heavy atom. The number of carbonyl (C=O) groups excluding carboxylic acids is 1. The molecular formula is C36H46KN3O9S4. The summed E-state index contributed by atoms with van der Waals surface area (Å²) in [5.41, 5.74) is 3.73. The Balaban J connectivity index is 0.00000756. The summed E-state index contributed by atoms with van der Waals surface area (Å²) in [6.45, 7) is 11.4. The van der Waals surface area contributed by atoms with E-state index in [1.54, 1.807) is 12.1 Å². The number of nitrogens with zero attached hydrogens (tertiary/aromatic N) is 2. The maximum absolute atomic E-state index is 12.2. The molecule has 2 aromatic carbocycles. The number of likely N-dealkylation sites (N-methyl/N-ethyl adjacent to an activating group) is 1. The maximum atomic E-state index is 12.2. The Morgan fingerprint density at radius 2 is 1.49 bits per heavy atom. The van der Waals surface area contributed by atoms with E-state index < -0.39 is 39.9 Å². The molecule has 0 fully saturated rings. The van der Waals surface area contributed by atoms with Crippen LogP contribution in [0.3, 0.4) is 0 Å². The van der Waals surface area contributed by atoms with Crippen molar-refractivity contribution in [2.24, 2.45) is 0 Å². The van der Waals surface area contributed by atoms with E-state index in [1.165, 1.54) is 24.3 Å². The summed E-state index contributed by atoms with van der Waals surface area (Å²) in [5.74, 6) is 0.141. The van der Waals surface area contributed by atoms with E-state index in [4.69, 9.17) is 0 Å². The van der Waals surface area contributed by atoms with Crippen molar-refractivity contribution in [3.63, 3.8) is 0 Å². The van der Waals surface area contributed by atoms with E-state index in [-0.39, 0.29) is 79.4 Å². The van der Waals surface area contributed by atoms with E-state index in [1.807, 2.05) is 65.0 Å². The van der Waals surface area contributed by atoms with Crippen LogP contribution >= 0.6 is 10.8 Å². The Kier molecular flexibility index (Phi) is 15.6. The smallest absolute Gasteiger partial charge is 0.744 e. The molecule has 17 heteroatoms. The molecule has 2 aliphatic rings. The molecule has 1 amide bonds. The third kappa shape index (κ3) is 11.2. The van der Waals surface area contributed by atoms with Crippen molar-refractivity contribution in [1.29, 1.82) is 0 Å². The first kappa shape index (κ1) is 45.7. The van der Waals surface area contributed by atoms with Gasteiger partial charge in [0, 0.05) is 72.4 Å². The third-order valence-electron chi connectivity index (χ3n) is 9.36. The van der Waals surface area contributed by atoms with Crippen LogP contribution in [0.1, 0.15) is 71.4 Å². The van der Waals surface area contributed by atoms with Crippen molar-refractivity contribution < 1.29 is 95.1 Å². The number of carbonyl (C=O) groups is 1. The summed E-state index contributed by atoms with van der Waals surface area (Å²) >= 11 is 0. The molecule has 2 aliphatic heterocycles. The second kappa shape index (κ2) is 18.1. The predicted molar refractivity (Wildman–Crippen MR) is 203 cm³/mol. The molecule has 0 unspecified atom stereocenters. The Bertz CT molecular complexity index is 2180. The summed E-state index contributed by atoms with van der Waals surface area (Å²) < 4.78 is 95.5. The molecular weight excluding hydrogens is 786 g/mol. The molecule has 0 spiro atoms. The van der Waals surface area contributed by atoms with Gasteiger partial charge >= 0.3 is 51.4 Å². The van der Waals surface area contributed by atoms with Gasteiger partial charge in [-0.05, 0) is 86.4 Å². The minimum absolute atomic E-state index is 0. The summed E-state index contributed by atoms with van der Waals surface area (Å²) in [6.07, 6.45) is 13.1. The van der Waals surface area contributed by atoms with Crippen LogP contribution in [0.15, 0.2) is 82.3 Å². The molecule has 1 N–H and O–H groups in total. The Morgan fingerprint density at radius 1 is 0.868 bits per heavy atom. The van der Waals surface area contributed by atoms with E-state index in [0.717, 1.165) is 58.2 Å². The topological polar surface area (TPSA) is 184 Å². The zero-order chi connectivity index (χ0) is 38.7. The zero-order valence-electron chi connectivity index (χ0n) is 31.2. The fraction of sp³-hybridized carbons (Fsp3) is 0.444. The normalized spacial score (nSPS) is 17.4. The summed E-state index contributed by atoms with van der Waals surface area (Å²) in [4.78, 5) is 13.7. The molecule has 53 heavy (non-hydrogen) atoms. The van der Waals surface area contributed by atoms with Gasteiger partial charge in [-0.1, -0.05) is 32.1 Å². The Labute approximate surface area is 360 Å². The number of anilines is 1. The molecule has 0 bridgehead atoms. The number of nitrogens with one attached hydrogen (secondary N) is 1. The molecule has 0 aromatic heterocycles. The summed E-state index contributed by atoms with van der Waals surface area (Å²) in [6, 6.07) is 8.89. The van der Waals surface area contributed by atoms with Crippen molar-refractivity contribution in [3.8, 4) is 0 Å². The number of amides is 1. The second-order valence-corrected chi connectivity index (χ2v) is 21.1. The van der Waals surface area contributed by atoms with Crippen molar-refractivity contribution >= 4 is 62.9 Å². The number of allylic oxidation sites excluding steroid dienone is 6. The van der Waals surface area contributed by atoms with Gasteiger partial charge in [-0.15, -0.1) is 0 Å². The van der Waals surface area contributed by atoms with E-state index in [0.29, 0.717) is 31.5 Å². The van der Waals surface area contributed by atoms with E-state index in [2.05, 4.69) is 14.8 Å². The van der Waals surface area contributed by atoms with Crippen LogP contribution in [-0.4, -0.2) is 82.2 Å². The van der Waals surface area contributed by atoms with Gasteiger partial charge in [0.05, 0.1) is 15.2 Å². The first-order chi connectivity index (χ1) is 24.1. The van der Waals surface area contributed by atoms with Gasteiger partial charge in [0.15, 0.2) is 14.6 Å². The molecule has 0 aliphatic carbocycles. The summed E-state index contributed by atoms with van der Waals surface area (Å²) in [7, 11) is -11.6. The number of fused-ring (bicyclic) bond motifs is 2. The van der Waals surface area contributed by atoms with E-state index in [9.17, 15) is 39.2 Å². The number of hydrogen-bond acceptors (Lipinski definition) is 11. The average molecular weight is 832 g/mol. The quantitative estimate of drug-likeness (QED) is 0.0653. The zero-order valence-corrected chi connectivity index (χ0v) is 37.6. The number of hydrogen-bond donors (Lipinski definition) is 1. The van der Waals surface area contributed by atoms with Crippen LogP contribution in [0.25, 0.3) is 0 Å². The molecule has 0 atom stereocenters. The number of benzene rings is 2. The monoisotopic (exact) mass is 831 g/mol. The van der Waals surface area contributed by atoms with Crippen molar-refractivity contribution in [2.75, 3.05) is 36.5 Å². The van der Waals surface area contributed by atoms with Gasteiger partial charge in [0.25, 0.3) is 0 Å². The minimum Gasteiger partial charge on any atom is -0.744 e. The molecule has 284 valence electrons. The SMILES string of the molecule is CCN1C(=CC=CC=CC2=[N+](CCCCCC(=O)NCCSS(C)(=O)=O)c3ccc(S(=O)(=O)[O-])cc3C2(C)C)C(C)(C)c2cc(S(=O)(=O)[O-])ccc21.[K+]. The maximum Gasteiger partial charge on any atom is 1.00 e. The molecule has 12 nitrogen and oxygen atoms in total. The van der Waals surface area contributed by atoms with Gasteiger partial charge in [0.1, 0.15) is 26.8 Å². The fourth-order valence-electron chi connectivity index (χ4n) is 6.76. The van der Waals surface area contributed by atoms with Crippen LogP contribution in [0.4, 0.5) is 11.4 Å². The van der Waals surface area contributed by atoms with Gasteiger partial charge in [-0.3, -0.25) is 4.79 Å². The molecule has 0 saturated heterocycles. The van der Waals surface area contributed by atoms with Crippen LogP contribution in [0.2, 0.25) is 0 Å². The van der Waals surface area contributed by atoms with Crippen molar-refractivity contribution in [3.05, 3.63) is 83.6 Å². The summed E-state index contributed by atoms with van der Waals surface area (Å²) in [5, 5.41) is 2.74. The Hall–Kier alpha value is -1.64. The van der Waals surface area contributed by atoms with Gasteiger partial charge in [-0.25, -0.2) is 25.3 Å². The van der Waals surface area contributed by atoms with Crippen LogP contribution in [0, 0.1) is 0 Å². The predicted octanol–water partition coefficient (Wildman–Crippen LogP) is 2.06. The fourth-order valence-corrected chi connectivity index (χ4v) is 9.40. The van der Waals surface area contributed by atoms with Crippen molar-refractivity contribution in [2.45, 2.75) is 80.9 Å². The molecule has 2 heterocycles. The minimum atomic E-state index is -4.67. The van der Waals surface area contributed by atoms with E-state index >= 15 is 0 Å². The van der Waals surface area contributed by atoms with Crippen molar-refractivity contribution in [1.82, 2.24) is 5.32 Å². The molecule has 2 aromatic rings. The van der Waals surface area contributed by atoms with Crippen LogP contribution in [0.5, 0.6) is 0 Å². The van der Waals surface area contributed by atoms with Crippen LogP contribution in [-0.2, 0) is 44.7 Å². The van der Waals surface area contributed by atoms with Crippen LogP contribution < -0.4 is 61.6 Å². The number of unbranched alkanes of at least 4 members (excludes halogenated alkanes) is 2. The average Bonchev–Trinajstić information content (AvgIpc) is 3.39. The molecule has 4 rings (SSSR count). The first-order valence-corrected chi connectivity index (χ1v) is 23.1. The first-order valence-electron chi connectivity index (χ1n) is 16.9. The van der Waals surface area contributed by atoms with Gasteiger partial charge in [-0.2, -0.15) is 4.58 Å². The molecule has 0 radical (unpaired) electrons.